The topological polar surface area (TPSA) is 61.2 Å². The van der Waals surface area contributed by atoms with E-state index < -0.39 is 0 Å². The molecule has 5 nitrogen and oxygen atoms in total. The van der Waals surface area contributed by atoms with Crippen molar-refractivity contribution in [1.82, 2.24) is 9.55 Å². The summed E-state index contributed by atoms with van der Waals surface area (Å²) in [4.78, 5) is 31.9. The summed E-state index contributed by atoms with van der Waals surface area (Å²) in [5.74, 6) is 0.918. The minimum absolute atomic E-state index is 0.107. The number of imidazole rings is 1. The van der Waals surface area contributed by atoms with Crippen molar-refractivity contribution in [2.75, 3.05) is 7.11 Å². The maximum atomic E-state index is 12.8. The van der Waals surface area contributed by atoms with Gasteiger partial charge in [0.05, 0.1) is 28.2 Å². The van der Waals surface area contributed by atoms with Crippen molar-refractivity contribution in [3.05, 3.63) is 74.1 Å². The van der Waals surface area contributed by atoms with E-state index in [-0.39, 0.29) is 38.3 Å². The molecule has 0 N–H and O–H groups in total. The van der Waals surface area contributed by atoms with Crippen molar-refractivity contribution in [3.63, 3.8) is 0 Å². The number of aromatic nitrogens is 2. The van der Waals surface area contributed by atoms with E-state index in [9.17, 15) is 9.59 Å². The molecule has 154 valence electrons. The summed E-state index contributed by atoms with van der Waals surface area (Å²) in [6.45, 7) is 0. The van der Waals surface area contributed by atoms with Crippen LogP contribution in [0.3, 0.4) is 0 Å². The van der Waals surface area contributed by atoms with Gasteiger partial charge in [-0.05, 0) is 48.5 Å². The zero-order valence-electron chi connectivity index (χ0n) is 16.4. The normalized spacial score (nSPS) is 13.2. The minimum Gasteiger partial charge on any atom is -0.497 e. The summed E-state index contributed by atoms with van der Waals surface area (Å²) in [6, 6.07) is 12.5. The minimum atomic E-state index is -0.345. The molecular formula is C23H14Cl2N2O3S. The van der Waals surface area contributed by atoms with E-state index >= 15 is 0 Å². The number of thiophene rings is 1. The molecule has 0 fully saturated rings. The molecule has 1 aliphatic rings. The van der Waals surface area contributed by atoms with E-state index in [2.05, 4.69) is 0 Å². The van der Waals surface area contributed by atoms with Crippen LogP contribution in [0.1, 0.15) is 25.6 Å². The van der Waals surface area contributed by atoms with Crippen molar-refractivity contribution in [2.24, 2.45) is 7.05 Å². The van der Waals surface area contributed by atoms with Crippen LogP contribution in [0.2, 0.25) is 10.0 Å². The van der Waals surface area contributed by atoms with Crippen LogP contribution in [0.5, 0.6) is 5.75 Å². The van der Waals surface area contributed by atoms with Gasteiger partial charge in [-0.2, -0.15) is 0 Å². The van der Waals surface area contributed by atoms with Crippen LogP contribution < -0.4 is 4.74 Å². The molecule has 0 saturated heterocycles. The lowest BCUT2D eigenvalue weighted by Gasteiger charge is -2.04. The highest BCUT2D eigenvalue weighted by atomic mass is 35.5. The first-order valence-corrected chi connectivity index (χ1v) is 10.9. The van der Waals surface area contributed by atoms with Crippen LogP contribution in [0.25, 0.3) is 27.8 Å². The summed E-state index contributed by atoms with van der Waals surface area (Å²) >= 11 is 13.5. The fourth-order valence-electron chi connectivity index (χ4n) is 3.65. The maximum absolute atomic E-state index is 12.8. The summed E-state index contributed by atoms with van der Waals surface area (Å²) in [7, 11) is 3.56. The highest BCUT2D eigenvalue weighted by molar-refractivity contribution is 7.19. The standard InChI is InChI=1S/C23H14Cl2N2O3S/c1-27-19-8-13(31-23(19)26-22(27)11-3-5-12(30-2)6-4-11)7-16-20(28)14-9-17(24)18(25)10-15(14)21(16)29/h3-10H,1-2H3. The average molecular weight is 469 g/mol. The molecule has 0 amide bonds. The van der Waals surface area contributed by atoms with Crippen LogP contribution >= 0.6 is 34.5 Å². The zero-order chi connectivity index (χ0) is 21.9. The first-order valence-electron chi connectivity index (χ1n) is 9.28. The number of carbonyl (C=O) groups is 2. The van der Waals surface area contributed by atoms with Crippen molar-refractivity contribution in [3.8, 4) is 17.1 Å². The highest BCUT2D eigenvalue weighted by Crippen LogP contribution is 2.36. The Hall–Kier alpha value is -2.93. The number of methoxy groups -OCH3 is 1. The number of allylic oxidation sites excluding steroid dienone is 1. The van der Waals surface area contributed by atoms with Crippen LogP contribution in [0.4, 0.5) is 0 Å². The first-order chi connectivity index (χ1) is 14.9. The van der Waals surface area contributed by atoms with Gasteiger partial charge in [-0.25, -0.2) is 4.98 Å². The van der Waals surface area contributed by atoms with Gasteiger partial charge >= 0.3 is 0 Å². The Balaban J connectivity index is 1.52. The van der Waals surface area contributed by atoms with E-state index in [0.29, 0.717) is 0 Å². The fraction of sp³-hybridized carbons (Fsp3) is 0.0870. The summed E-state index contributed by atoms with van der Waals surface area (Å²) in [5, 5.41) is 0.500. The Morgan fingerprint density at radius 2 is 1.61 bits per heavy atom. The molecular weight excluding hydrogens is 455 g/mol. The van der Waals surface area contributed by atoms with Crippen molar-refractivity contribution >= 4 is 62.5 Å². The smallest absolute Gasteiger partial charge is 0.197 e. The third-order valence-electron chi connectivity index (χ3n) is 5.27. The van der Waals surface area contributed by atoms with Crippen LogP contribution in [-0.4, -0.2) is 28.2 Å². The number of ether oxygens (including phenoxy) is 1. The molecule has 2 aromatic carbocycles. The third-order valence-corrected chi connectivity index (χ3v) is 6.96. The van der Waals surface area contributed by atoms with Crippen LogP contribution in [0, 0.1) is 0 Å². The molecule has 0 saturated carbocycles. The van der Waals surface area contributed by atoms with Crippen LogP contribution in [-0.2, 0) is 7.05 Å². The van der Waals surface area contributed by atoms with Gasteiger partial charge in [0.15, 0.2) is 11.6 Å². The molecule has 5 rings (SSSR count). The van der Waals surface area contributed by atoms with Gasteiger partial charge in [0.1, 0.15) is 16.4 Å². The number of hydrogen-bond donors (Lipinski definition) is 0. The molecule has 8 heteroatoms. The molecule has 2 aromatic heterocycles. The summed E-state index contributed by atoms with van der Waals surface area (Å²) in [6.07, 6.45) is 1.62. The molecule has 1 aliphatic carbocycles. The molecule has 0 aliphatic heterocycles. The van der Waals surface area contributed by atoms with Gasteiger partial charge in [0.25, 0.3) is 0 Å². The van der Waals surface area contributed by atoms with Gasteiger partial charge in [-0.15, -0.1) is 11.3 Å². The second-order valence-corrected chi connectivity index (χ2v) is 8.97. The second-order valence-electron chi connectivity index (χ2n) is 7.09. The van der Waals surface area contributed by atoms with Gasteiger partial charge in [0, 0.05) is 28.6 Å². The number of fused-ring (bicyclic) bond motifs is 2. The molecule has 31 heavy (non-hydrogen) atoms. The molecule has 0 unspecified atom stereocenters. The number of nitrogens with zero attached hydrogens (tertiary/aromatic N) is 2. The van der Waals surface area contributed by atoms with Crippen molar-refractivity contribution in [2.45, 2.75) is 0 Å². The zero-order valence-corrected chi connectivity index (χ0v) is 18.7. The van der Waals surface area contributed by atoms with E-state index in [0.717, 1.165) is 32.4 Å². The number of benzene rings is 2. The Bertz CT molecular complexity index is 1390. The number of rotatable bonds is 3. The fourth-order valence-corrected chi connectivity index (χ4v) is 4.98. The molecule has 2 heterocycles. The number of Topliss-reactive ketones (excluding diaryl/α,β-unsaturated/α-hetero) is 2. The van der Waals surface area contributed by atoms with Gasteiger partial charge in [-0.1, -0.05) is 23.2 Å². The molecule has 0 atom stereocenters. The van der Waals surface area contributed by atoms with Crippen molar-refractivity contribution < 1.29 is 14.3 Å². The van der Waals surface area contributed by atoms with Gasteiger partial charge < -0.3 is 9.30 Å². The number of carbonyl (C=O) groups excluding carboxylic acids is 2. The average Bonchev–Trinajstić information content (AvgIpc) is 3.37. The number of halogens is 2. The largest absolute Gasteiger partial charge is 0.497 e. The molecule has 4 aromatic rings. The van der Waals surface area contributed by atoms with Crippen molar-refractivity contribution in [1.29, 1.82) is 0 Å². The lowest BCUT2D eigenvalue weighted by atomic mass is 10.1. The predicted octanol–water partition coefficient (Wildman–Crippen LogP) is 6.08. The quantitative estimate of drug-likeness (QED) is 0.270. The lowest BCUT2D eigenvalue weighted by molar-refractivity contribution is 0.0990. The monoisotopic (exact) mass is 468 g/mol. The van der Waals surface area contributed by atoms with E-state index in [1.54, 1.807) is 13.2 Å². The maximum Gasteiger partial charge on any atom is 0.197 e. The summed E-state index contributed by atoms with van der Waals surface area (Å²) in [5.41, 5.74) is 2.56. The van der Waals surface area contributed by atoms with Gasteiger partial charge in [0.2, 0.25) is 0 Å². The third kappa shape index (κ3) is 3.19. The number of ketones is 2. The Labute approximate surface area is 191 Å². The highest BCUT2D eigenvalue weighted by Gasteiger charge is 2.34. The number of hydrogen-bond acceptors (Lipinski definition) is 5. The van der Waals surface area contributed by atoms with Crippen LogP contribution in [0.15, 0.2) is 48.0 Å². The Kier molecular flexibility index (Phi) is 4.73. The summed E-state index contributed by atoms with van der Waals surface area (Å²) < 4.78 is 7.20. The molecule has 0 bridgehead atoms. The van der Waals surface area contributed by atoms with E-state index in [4.69, 9.17) is 32.9 Å². The molecule has 0 spiro atoms. The Morgan fingerprint density at radius 1 is 1.00 bits per heavy atom. The second kappa shape index (κ2) is 7.34. The SMILES string of the molecule is COc1ccc(-c2nc3sc(C=C4C(=O)c5cc(Cl)c(Cl)cc5C4=O)cc3n2C)cc1. The Morgan fingerprint density at radius 3 is 2.16 bits per heavy atom. The predicted molar refractivity (Wildman–Crippen MR) is 124 cm³/mol. The van der Waals surface area contributed by atoms with E-state index in [1.807, 2.05) is 41.9 Å². The first kappa shape index (κ1) is 20.0. The lowest BCUT2D eigenvalue weighted by Crippen LogP contribution is -1.99. The van der Waals surface area contributed by atoms with Gasteiger partial charge in [-0.3, -0.25) is 9.59 Å². The van der Waals surface area contributed by atoms with E-state index in [1.165, 1.54) is 23.5 Å². The number of aryl methyl sites for hydroxylation is 1. The molecule has 0 radical (unpaired) electrons.